The molecule has 0 spiro atoms. The van der Waals surface area contributed by atoms with Gasteiger partial charge in [-0.05, 0) is 57.9 Å². The topological polar surface area (TPSA) is 131 Å². The average molecular weight is 479 g/mol. The predicted octanol–water partition coefficient (Wildman–Crippen LogP) is 1.35. The van der Waals surface area contributed by atoms with E-state index in [0.717, 1.165) is 21.1 Å². The zero-order valence-electron chi connectivity index (χ0n) is 19.6. The highest BCUT2D eigenvalue weighted by molar-refractivity contribution is 7.89. The van der Waals surface area contributed by atoms with Crippen LogP contribution in [0.3, 0.4) is 0 Å². The number of amides is 1. The van der Waals surface area contributed by atoms with Gasteiger partial charge in [0.25, 0.3) is 5.91 Å². The normalized spacial score (nSPS) is 20.0. The maximum atomic E-state index is 13.2. The number of benzene rings is 1. The predicted molar refractivity (Wildman–Crippen MR) is 121 cm³/mol. The van der Waals surface area contributed by atoms with Crippen molar-refractivity contribution in [3.8, 4) is 0 Å². The number of aromatic nitrogens is 2. The zero-order valence-corrected chi connectivity index (χ0v) is 20.4. The summed E-state index contributed by atoms with van der Waals surface area (Å²) in [5.74, 6) is -1.45. The van der Waals surface area contributed by atoms with Crippen molar-refractivity contribution in [2.24, 2.45) is 7.05 Å². The second-order valence-corrected chi connectivity index (χ2v) is 10.4. The Hall–Kier alpha value is -2.76. The Morgan fingerprint density at radius 2 is 1.88 bits per heavy atom. The van der Waals surface area contributed by atoms with Gasteiger partial charge in [-0.2, -0.15) is 9.40 Å². The zero-order chi connectivity index (χ0) is 24.7. The van der Waals surface area contributed by atoms with E-state index >= 15 is 0 Å². The first-order valence-corrected chi connectivity index (χ1v) is 12.1. The Balaban J connectivity index is 1.76. The van der Waals surface area contributed by atoms with Gasteiger partial charge in [-0.25, -0.2) is 8.42 Å². The second kappa shape index (κ2) is 9.24. The first-order valence-electron chi connectivity index (χ1n) is 10.6. The Morgan fingerprint density at radius 3 is 2.45 bits per heavy atom. The monoisotopic (exact) mass is 478 g/mol. The highest BCUT2D eigenvalue weighted by atomic mass is 32.2. The lowest BCUT2D eigenvalue weighted by Gasteiger charge is -2.24. The van der Waals surface area contributed by atoms with Crippen molar-refractivity contribution in [2.45, 2.75) is 64.2 Å². The van der Waals surface area contributed by atoms with Crippen molar-refractivity contribution < 1.29 is 27.9 Å². The fourth-order valence-corrected chi connectivity index (χ4v) is 5.47. The number of ether oxygens (including phenoxy) is 1. The van der Waals surface area contributed by atoms with Crippen LogP contribution in [0.1, 0.15) is 35.9 Å². The quantitative estimate of drug-likeness (QED) is 0.599. The Labute approximate surface area is 193 Å². The first kappa shape index (κ1) is 24.9. The molecule has 0 bridgehead atoms. The molecular weight excluding hydrogens is 448 g/mol. The molecule has 1 saturated heterocycles. The van der Waals surface area contributed by atoms with Gasteiger partial charge in [-0.3, -0.25) is 14.3 Å². The highest BCUT2D eigenvalue weighted by Gasteiger charge is 2.45. The van der Waals surface area contributed by atoms with E-state index in [4.69, 9.17) is 4.74 Å². The van der Waals surface area contributed by atoms with Crippen LogP contribution in [0.5, 0.6) is 0 Å². The summed E-state index contributed by atoms with van der Waals surface area (Å²) < 4.78 is 34.3. The molecule has 33 heavy (non-hydrogen) atoms. The number of hydrogen-bond acceptors (Lipinski definition) is 7. The molecule has 0 aliphatic carbocycles. The van der Waals surface area contributed by atoms with Crippen molar-refractivity contribution in [3.05, 3.63) is 40.7 Å². The number of carbonyl (C=O) groups is 2. The maximum absolute atomic E-state index is 13.2. The fraction of sp³-hybridized carbons (Fsp3) is 0.500. The van der Waals surface area contributed by atoms with Gasteiger partial charge in [0, 0.05) is 20.0 Å². The van der Waals surface area contributed by atoms with E-state index in [1.807, 2.05) is 6.92 Å². The summed E-state index contributed by atoms with van der Waals surface area (Å²) in [6.45, 7) is 8.37. The van der Waals surface area contributed by atoms with Crippen LogP contribution in [-0.2, 0) is 31.4 Å². The molecule has 1 aromatic heterocycles. The molecule has 180 valence electrons. The van der Waals surface area contributed by atoms with Crippen molar-refractivity contribution in [1.29, 1.82) is 0 Å². The first-order chi connectivity index (χ1) is 15.3. The van der Waals surface area contributed by atoms with Crippen molar-refractivity contribution in [3.63, 3.8) is 0 Å². The number of nitrogens with zero attached hydrogens (tertiary/aromatic N) is 3. The van der Waals surface area contributed by atoms with Crippen LogP contribution in [-0.4, -0.2) is 64.3 Å². The molecule has 1 amide bonds. The molecule has 3 rings (SSSR count). The molecule has 10 nitrogen and oxygen atoms in total. The number of rotatable bonds is 6. The van der Waals surface area contributed by atoms with Crippen LogP contribution in [0.25, 0.3) is 0 Å². The van der Waals surface area contributed by atoms with Crippen LogP contribution in [0.4, 0.5) is 5.69 Å². The number of esters is 1. The molecular formula is C22H30N4O6S. The number of aliphatic hydroxyl groups is 1. The largest absolute Gasteiger partial charge is 0.451 e. The molecule has 2 N–H and O–H groups in total. The minimum Gasteiger partial charge on any atom is -0.451 e. The number of sulfonamides is 1. The second-order valence-electron chi connectivity index (χ2n) is 8.46. The molecule has 3 atom stereocenters. The summed E-state index contributed by atoms with van der Waals surface area (Å²) in [5.41, 5.74) is 3.61. The molecule has 0 radical (unpaired) electrons. The number of aliphatic hydroxyl groups excluding tert-OH is 1. The molecule has 0 saturated carbocycles. The standard InChI is InChI=1S/C22H30N4O6S/c1-12-7-8-18(9-13(12)2)33(30,31)26-11-17(27)10-19(26)22(29)32-16(5)21(28)23-20-14(3)24-25(6)15(20)4/h7-9,16-17,19,27H,10-11H2,1-6H3,(H,23,28)/t16?,17?,19-/m0/s1. The maximum Gasteiger partial charge on any atom is 0.325 e. The smallest absolute Gasteiger partial charge is 0.325 e. The molecule has 2 unspecified atom stereocenters. The minimum absolute atomic E-state index is 0.0332. The molecule has 11 heteroatoms. The fourth-order valence-electron chi connectivity index (χ4n) is 3.76. The number of carbonyl (C=O) groups excluding carboxylic acids is 2. The summed E-state index contributed by atoms with van der Waals surface area (Å²) in [5, 5.41) is 17.1. The van der Waals surface area contributed by atoms with Gasteiger partial charge < -0.3 is 15.2 Å². The van der Waals surface area contributed by atoms with Gasteiger partial charge in [0.15, 0.2) is 6.10 Å². The van der Waals surface area contributed by atoms with Crippen molar-refractivity contribution in [2.75, 3.05) is 11.9 Å². The molecule has 1 aliphatic rings. The van der Waals surface area contributed by atoms with E-state index < -0.39 is 40.1 Å². The average Bonchev–Trinajstić information content (AvgIpc) is 3.25. The van der Waals surface area contributed by atoms with Gasteiger partial charge in [0.05, 0.1) is 28.1 Å². The summed E-state index contributed by atoms with van der Waals surface area (Å²) in [6, 6.07) is 3.46. The lowest BCUT2D eigenvalue weighted by Crippen LogP contribution is -2.43. The third kappa shape index (κ3) is 4.94. The van der Waals surface area contributed by atoms with Crippen LogP contribution in [0.2, 0.25) is 0 Å². The van der Waals surface area contributed by atoms with E-state index in [0.29, 0.717) is 11.4 Å². The van der Waals surface area contributed by atoms with Gasteiger partial charge >= 0.3 is 5.97 Å². The number of aryl methyl sites for hydroxylation is 4. The van der Waals surface area contributed by atoms with Crippen LogP contribution < -0.4 is 5.32 Å². The van der Waals surface area contributed by atoms with Gasteiger partial charge in [0.1, 0.15) is 6.04 Å². The number of hydrogen-bond donors (Lipinski definition) is 2. The SMILES string of the molecule is Cc1ccc(S(=O)(=O)N2CC(O)C[C@H]2C(=O)OC(C)C(=O)Nc2c(C)nn(C)c2C)cc1C. The van der Waals surface area contributed by atoms with Gasteiger partial charge in [-0.1, -0.05) is 6.07 Å². The highest BCUT2D eigenvalue weighted by Crippen LogP contribution is 2.28. The molecule has 1 fully saturated rings. The third-order valence-corrected chi connectivity index (χ3v) is 7.88. The van der Waals surface area contributed by atoms with Gasteiger partial charge in [0.2, 0.25) is 10.0 Å². The molecule has 2 aromatic rings. The van der Waals surface area contributed by atoms with E-state index in [1.54, 1.807) is 38.6 Å². The minimum atomic E-state index is -4.06. The van der Waals surface area contributed by atoms with E-state index in [2.05, 4.69) is 10.4 Å². The van der Waals surface area contributed by atoms with E-state index in [-0.39, 0.29) is 17.9 Å². The lowest BCUT2D eigenvalue weighted by atomic mass is 10.1. The summed E-state index contributed by atoms with van der Waals surface area (Å²) in [7, 11) is -2.31. The van der Waals surface area contributed by atoms with Crippen LogP contribution >= 0.6 is 0 Å². The Morgan fingerprint density at radius 1 is 1.21 bits per heavy atom. The van der Waals surface area contributed by atoms with Gasteiger partial charge in [-0.15, -0.1) is 0 Å². The summed E-state index contributed by atoms with van der Waals surface area (Å²) >= 11 is 0. The third-order valence-electron chi connectivity index (χ3n) is 6.01. The molecule has 2 heterocycles. The number of anilines is 1. The molecule has 1 aromatic carbocycles. The Kier molecular flexibility index (Phi) is 6.96. The lowest BCUT2D eigenvalue weighted by molar-refractivity contribution is -0.156. The Bertz CT molecular complexity index is 1190. The van der Waals surface area contributed by atoms with Crippen molar-refractivity contribution in [1.82, 2.24) is 14.1 Å². The van der Waals surface area contributed by atoms with Crippen LogP contribution in [0.15, 0.2) is 23.1 Å². The van der Waals surface area contributed by atoms with E-state index in [1.165, 1.54) is 19.1 Å². The van der Waals surface area contributed by atoms with E-state index in [9.17, 15) is 23.1 Å². The molecule has 1 aliphatic heterocycles. The number of β-amino-alcohol motifs (C(OH)–C–C–N with tert-alkyl or cyclic N) is 1. The van der Waals surface area contributed by atoms with Crippen molar-refractivity contribution >= 4 is 27.6 Å². The summed E-state index contributed by atoms with van der Waals surface area (Å²) in [4.78, 5) is 25.5. The van der Waals surface area contributed by atoms with Crippen LogP contribution in [0, 0.1) is 27.7 Å². The number of nitrogens with one attached hydrogen (secondary N) is 1. The summed E-state index contributed by atoms with van der Waals surface area (Å²) in [6.07, 6.45) is -2.31.